The number of nitrogens with one attached hydrogen (secondary N) is 1. The van der Waals surface area contributed by atoms with E-state index < -0.39 is 9.52 Å². The van der Waals surface area contributed by atoms with Gasteiger partial charge >= 0.3 is 0 Å². The van der Waals surface area contributed by atoms with Crippen LogP contribution in [0.1, 0.15) is 43.9 Å². The molecule has 5 aromatic rings. The van der Waals surface area contributed by atoms with Gasteiger partial charge in [0.1, 0.15) is 9.86 Å². The van der Waals surface area contributed by atoms with E-state index in [1.54, 1.807) is 22.5 Å². The Bertz CT molecular complexity index is 1960. The van der Waals surface area contributed by atoms with Gasteiger partial charge in [-0.15, -0.1) is 11.3 Å². The number of benzene rings is 2. The van der Waals surface area contributed by atoms with E-state index in [2.05, 4.69) is 57.4 Å². The summed E-state index contributed by atoms with van der Waals surface area (Å²) in [6, 6.07) is 15.7. The van der Waals surface area contributed by atoms with E-state index in [0.717, 1.165) is 29.0 Å². The van der Waals surface area contributed by atoms with Crippen molar-refractivity contribution in [2.75, 3.05) is 25.5 Å². The first-order valence-corrected chi connectivity index (χ1v) is 17.5. The molecule has 1 N–H and O–H groups in total. The van der Waals surface area contributed by atoms with Gasteiger partial charge in [0.2, 0.25) is 5.95 Å². The van der Waals surface area contributed by atoms with Gasteiger partial charge in [0.25, 0.3) is 5.56 Å². The number of likely N-dealkylation sites (tertiary alicyclic amines) is 1. The second kappa shape index (κ2) is 12.3. The summed E-state index contributed by atoms with van der Waals surface area (Å²) in [5, 5.41) is 4.07. The molecule has 2 aromatic carbocycles. The third-order valence-corrected chi connectivity index (χ3v) is 11.9. The predicted octanol–water partition coefficient (Wildman–Crippen LogP) is 6.57. The van der Waals surface area contributed by atoms with Gasteiger partial charge < -0.3 is 10.2 Å². The summed E-state index contributed by atoms with van der Waals surface area (Å²) in [6.07, 6.45) is 6.93. The molecule has 3 aromatic heterocycles. The molecule has 8 nitrogen and oxygen atoms in total. The lowest BCUT2D eigenvalue weighted by atomic mass is 9.90. The largest absolute Gasteiger partial charge is 0.324 e. The number of anilines is 2. The highest BCUT2D eigenvalue weighted by Gasteiger charge is 2.20. The molecule has 6 rings (SSSR count). The highest BCUT2D eigenvalue weighted by molar-refractivity contribution is 8.02. The number of hydrogen-bond acceptors (Lipinski definition) is 8. The summed E-state index contributed by atoms with van der Waals surface area (Å²) < 4.78 is 16.0. The molecule has 1 saturated heterocycles. The van der Waals surface area contributed by atoms with Crippen molar-refractivity contribution in [3.05, 3.63) is 87.9 Å². The van der Waals surface area contributed by atoms with Crippen LogP contribution in [0.5, 0.6) is 0 Å². The smallest absolute Gasteiger partial charge is 0.260 e. The van der Waals surface area contributed by atoms with E-state index in [4.69, 9.17) is 4.98 Å². The molecule has 0 radical (unpaired) electrons. The molecule has 0 amide bonds. The van der Waals surface area contributed by atoms with Crippen LogP contribution in [0, 0.1) is 12.8 Å². The maximum atomic E-state index is 14.0. The normalized spacial score (nSPS) is 15.9. The van der Waals surface area contributed by atoms with E-state index >= 15 is 0 Å². The van der Waals surface area contributed by atoms with Crippen molar-refractivity contribution in [3.8, 4) is 11.1 Å². The number of thiazole rings is 1. The standard InChI is InChI=1S/C34H38N6O2S2/c1-22(2)40-32-26(17-30(33(40)41)29-18-28(11-6-23(29)3)44(5,42)31-20-35-21-43-31)19-36-34(38-32)37-27-9-7-24(8-10-27)16-25-12-14-39(4)15-13-25/h6-11,17-22,25H,5,12-16H2,1-4H3,(H,36,37,38). The Morgan fingerprint density at radius 3 is 2.50 bits per heavy atom. The lowest BCUT2D eigenvalue weighted by molar-refractivity contribution is 0.219. The Hall–Kier alpha value is -3.86. The van der Waals surface area contributed by atoms with Crippen molar-refractivity contribution < 1.29 is 4.21 Å². The number of aryl methyl sites for hydroxylation is 1. The summed E-state index contributed by atoms with van der Waals surface area (Å²) in [7, 11) is -0.566. The van der Waals surface area contributed by atoms with Gasteiger partial charge in [-0.05, 0) is 119 Å². The molecule has 1 fully saturated rings. The van der Waals surface area contributed by atoms with Crippen molar-refractivity contribution in [1.82, 2.24) is 24.4 Å². The number of fused-ring (bicyclic) bond motifs is 1. The number of aromatic nitrogens is 4. The second-order valence-electron chi connectivity index (χ2n) is 12.0. The maximum absolute atomic E-state index is 14.0. The molecular formula is C34H38N6O2S2. The SMILES string of the molecule is C=S(=O)(c1ccc(C)c(-c2cc3cnc(Nc4ccc(CC5CCN(C)CC5)cc4)nc3n(C(C)C)c2=O)c1)c1cncs1. The zero-order valence-corrected chi connectivity index (χ0v) is 27.3. The van der Waals surface area contributed by atoms with Crippen LogP contribution in [0.2, 0.25) is 0 Å². The number of piperidine rings is 1. The Labute approximate surface area is 262 Å². The minimum absolute atomic E-state index is 0.149. The molecule has 1 aliphatic rings. The van der Waals surface area contributed by atoms with Crippen molar-refractivity contribution >= 4 is 49.4 Å². The first-order chi connectivity index (χ1) is 21.1. The Morgan fingerprint density at radius 2 is 1.82 bits per heavy atom. The number of pyridine rings is 1. The van der Waals surface area contributed by atoms with E-state index in [1.165, 1.54) is 42.8 Å². The van der Waals surface area contributed by atoms with Crippen LogP contribution < -0.4 is 10.9 Å². The topological polar surface area (TPSA) is 93.0 Å². The molecule has 0 aliphatic carbocycles. The summed E-state index contributed by atoms with van der Waals surface area (Å²) >= 11 is 1.31. The predicted molar refractivity (Wildman–Crippen MR) is 182 cm³/mol. The lowest BCUT2D eigenvalue weighted by Crippen LogP contribution is -2.30. The lowest BCUT2D eigenvalue weighted by Gasteiger charge is -2.28. The average molecular weight is 627 g/mol. The van der Waals surface area contributed by atoms with Gasteiger partial charge in [0.05, 0.1) is 11.7 Å². The van der Waals surface area contributed by atoms with Crippen molar-refractivity contribution in [1.29, 1.82) is 0 Å². The number of rotatable bonds is 8. The van der Waals surface area contributed by atoms with Gasteiger partial charge in [-0.2, -0.15) is 4.98 Å². The highest BCUT2D eigenvalue weighted by Crippen LogP contribution is 2.31. The van der Waals surface area contributed by atoms with Crippen molar-refractivity contribution in [2.24, 2.45) is 5.92 Å². The van der Waals surface area contributed by atoms with E-state index in [9.17, 15) is 9.00 Å². The van der Waals surface area contributed by atoms with Crippen LogP contribution in [0.25, 0.3) is 22.2 Å². The minimum atomic E-state index is -2.76. The van der Waals surface area contributed by atoms with Crippen LogP contribution in [0.3, 0.4) is 0 Å². The Balaban J connectivity index is 1.31. The average Bonchev–Trinajstić information content (AvgIpc) is 3.56. The number of nitrogens with zero attached hydrogens (tertiary/aromatic N) is 5. The van der Waals surface area contributed by atoms with Gasteiger partial charge in [-0.1, -0.05) is 18.2 Å². The third-order valence-electron chi connectivity index (χ3n) is 8.48. The summed E-state index contributed by atoms with van der Waals surface area (Å²) in [5.41, 5.74) is 6.41. The first kappa shape index (κ1) is 30.2. The summed E-state index contributed by atoms with van der Waals surface area (Å²) in [4.78, 5) is 30.5. The monoisotopic (exact) mass is 626 g/mol. The maximum Gasteiger partial charge on any atom is 0.260 e. The molecule has 0 saturated carbocycles. The van der Waals surface area contributed by atoms with Gasteiger partial charge in [-0.3, -0.25) is 18.6 Å². The van der Waals surface area contributed by atoms with E-state index in [1.807, 2.05) is 45.0 Å². The Morgan fingerprint density at radius 1 is 1.07 bits per heavy atom. The zero-order valence-electron chi connectivity index (χ0n) is 25.6. The highest BCUT2D eigenvalue weighted by atomic mass is 32.2. The van der Waals surface area contributed by atoms with Crippen LogP contribution in [0.15, 0.2) is 80.3 Å². The first-order valence-electron chi connectivity index (χ1n) is 14.9. The third kappa shape index (κ3) is 6.06. The fourth-order valence-electron chi connectivity index (χ4n) is 5.88. The molecule has 1 atom stereocenters. The Kier molecular flexibility index (Phi) is 8.41. The zero-order chi connectivity index (χ0) is 31.0. The van der Waals surface area contributed by atoms with Crippen molar-refractivity contribution in [3.63, 3.8) is 0 Å². The minimum Gasteiger partial charge on any atom is -0.324 e. The van der Waals surface area contributed by atoms with Crippen LogP contribution in [-0.4, -0.2) is 54.6 Å². The van der Waals surface area contributed by atoms with Gasteiger partial charge in [-0.25, -0.2) is 4.98 Å². The summed E-state index contributed by atoms with van der Waals surface area (Å²) in [6.45, 7) is 8.23. The number of hydrogen-bond donors (Lipinski definition) is 1. The van der Waals surface area contributed by atoms with Crippen LogP contribution in [0.4, 0.5) is 11.6 Å². The van der Waals surface area contributed by atoms with E-state index in [0.29, 0.717) is 31.8 Å². The molecule has 10 heteroatoms. The van der Waals surface area contributed by atoms with Crippen LogP contribution >= 0.6 is 11.3 Å². The quantitative estimate of drug-likeness (QED) is 0.195. The van der Waals surface area contributed by atoms with Gasteiger partial charge in [0.15, 0.2) is 0 Å². The molecule has 0 bridgehead atoms. The fourth-order valence-corrected chi connectivity index (χ4v) is 8.33. The van der Waals surface area contributed by atoms with Crippen molar-refractivity contribution in [2.45, 2.75) is 55.2 Å². The molecule has 1 aliphatic heterocycles. The van der Waals surface area contributed by atoms with Crippen LogP contribution in [-0.2, 0) is 15.9 Å². The van der Waals surface area contributed by atoms with Gasteiger partial charge in [0, 0.05) is 43.3 Å². The second-order valence-corrected chi connectivity index (χ2v) is 15.5. The molecule has 0 spiro atoms. The molecular weight excluding hydrogens is 589 g/mol. The summed E-state index contributed by atoms with van der Waals surface area (Å²) in [5.74, 6) is 5.20. The molecule has 228 valence electrons. The molecule has 44 heavy (non-hydrogen) atoms. The molecule has 4 heterocycles. The molecule has 1 unspecified atom stereocenters. The fraction of sp³-hybridized carbons (Fsp3) is 0.324. The van der Waals surface area contributed by atoms with E-state index in [-0.39, 0.29) is 11.6 Å².